The molecule has 0 N–H and O–H groups in total. The van der Waals surface area contributed by atoms with Gasteiger partial charge in [0.2, 0.25) is 0 Å². The van der Waals surface area contributed by atoms with Crippen LogP contribution in [0.25, 0.3) is 10.6 Å². The summed E-state index contributed by atoms with van der Waals surface area (Å²) in [6.45, 7) is 6.66. The van der Waals surface area contributed by atoms with Gasteiger partial charge in [0, 0.05) is 24.0 Å². The number of hydrogen-bond donors (Lipinski definition) is 0. The molecule has 0 aliphatic heterocycles. The molecule has 0 amide bonds. The van der Waals surface area contributed by atoms with Gasteiger partial charge in [-0.15, -0.1) is 22.9 Å². The van der Waals surface area contributed by atoms with Gasteiger partial charge in [0.25, 0.3) is 0 Å². The van der Waals surface area contributed by atoms with Crippen LogP contribution in [0.2, 0.25) is 0 Å². The lowest BCUT2D eigenvalue weighted by molar-refractivity contribution is 0.275. The minimum Gasteiger partial charge on any atom is -0.302 e. The summed E-state index contributed by atoms with van der Waals surface area (Å²) in [4.78, 5) is 6.94. The molecule has 1 atom stereocenters. The molecular formula is C17H23ClN2S. The quantitative estimate of drug-likeness (QED) is 0.665. The lowest BCUT2D eigenvalue weighted by Gasteiger charge is -2.20. The highest BCUT2D eigenvalue weighted by Crippen LogP contribution is 2.25. The number of rotatable bonds is 7. The van der Waals surface area contributed by atoms with Gasteiger partial charge in [-0.3, -0.25) is 0 Å². The first-order valence-corrected chi connectivity index (χ1v) is 8.82. The Labute approximate surface area is 136 Å². The fourth-order valence-electron chi connectivity index (χ4n) is 2.34. The predicted octanol–water partition coefficient (Wildman–Crippen LogP) is 5.03. The average Bonchev–Trinajstić information content (AvgIpc) is 2.96. The van der Waals surface area contributed by atoms with E-state index in [-0.39, 0.29) is 0 Å². The van der Waals surface area contributed by atoms with Gasteiger partial charge in [0.05, 0.1) is 11.6 Å². The second-order valence-corrected chi connectivity index (χ2v) is 6.81. The molecule has 2 aromatic rings. The Balaban J connectivity index is 2.07. The molecule has 0 aliphatic carbocycles. The first kappa shape index (κ1) is 16.5. The Morgan fingerprint density at radius 3 is 2.86 bits per heavy atom. The van der Waals surface area contributed by atoms with Crippen LogP contribution in [0.3, 0.4) is 0 Å². The third-order valence-electron chi connectivity index (χ3n) is 3.64. The lowest BCUT2D eigenvalue weighted by atomic mass is 10.1. The monoisotopic (exact) mass is 322 g/mol. The summed E-state index contributed by atoms with van der Waals surface area (Å²) in [5.74, 6) is 1.22. The number of thiazole rings is 1. The molecule has 114 valence electrons. The van der Waals surface area contributed by atoms with Crippen molar-refractivity contribution in [3.05, 3.63) is 40.9 Å². The topological polar surface area (TPSA) is 16.1 Å². The first-order chi connectivity index (χ1) is 10.1. The highest BCUT2D eigenvalue weighted by Gasteiger charge is 2.08. The van der Waals surface area contributed by atoms with Crippen molar-refractivity contribution in [3.63, 3.8) is 0 Å². The van der Waals surface area contributed by atoms with E-state index in [1.807, 2.05) is 5.38 Å². The molecule has 0 fully saturated rings. The molecule has 1 aromatic carbocycles. The molecule has 21 heavy (non-hydrogen) atoms. The minimum atomic E-state index is 0.480. The summed E-state index contributed by atoms with van der Waals surface area (Å²) >= 11 is 7.49. The molecule has 2 nitrogen and oxygen atoms in total. The zero-order chi connectivity index (χ0) is 15.2. The summed E-state index contributed by atoms with van der Waals surface area (Å²) in [5.41, 5.74) is 3.47. The van der Waals surface area contributed by atoms with Gasteiger partial charge >= 0.3 is 0 Å². The number of hydrogen-bond acceptors (Lipinski definition) is 3. The predicted molar refractivity (Wildman–Crippen MR) is 92.9 cm³/mol. The van der Waals surface area contributed by atoms with E-state index >= 15 is 0 Å². The van der Waals surface area contributed by atoms with Crippen LogP contribution in [-0.2, 0) is 12.4 Å². The van der Waals surface area contributed by atoms with Crippen LogP contribution in [-0.4, -0.2) is 23.5 Å². The molecule has 2 rings (SSSR count). The Kier molecular flexibility index (Phi) is 6.22. The molecule has 0 spiro atoms. The fraction of sp³-hybridized carbons (Fsp3) is 0.471. The van der Waals surface area contributed by atoms with Crippen LogP contribution >= 0.6 is 22.9 Å². The van der Waals surface area contributed by atoms with Crippen molar-refractivity contribution in [3.8, 4) is 10.6 Å². The standard InChI is InChI=1S/C17H23ClN2S/c1-4-13(2)10-20(3)11-14-6-5-7-15(8-14)17-19-16(9-18)12-21-17/h5-8,12-13H,4,9-11H2,1-3H3. The highest BCUT2D eigenvalue weighted by atomic mass is 35.5. The maximum Gasteiger partial charge on any atom is 0.123 e. The Hall–Kier alpha value is -0.900. The van der Waals surface area contributed by atoms with Crippen molar-refractivity contribution < 1.29 is 0 Å². The van der Waals surface area contributed by atoms with Gasteiger partial charge in [0.15, 0.2) is 0 Å². The Morgan fingerprint density at radius 1 is 1.38 bits per heavy atom. The first-order valence-electron chi connectivity index (χ1n) is 7.40. The summed E-state index contributed by atoms with van der Waals surface area (Å²) in [6.07, 6.45) is 1.23. The van der Waals surface area contributed by atoms with Crippen molar-refractivity contribution in [1.29, 1.82) is 0 Å². The van der Waals surface area contributed by atoms with Gasteiger partial charge in [0.1, 0.15) is 5.01 Å². The summed E-state index contributed by atoms with van der Waals surface area (Å²) in [5, 5.41) is 3.08. The van der Waals surface area contributed by atoms with Crippen LogP contribution in [0.5, 0.6) is 0 Å². The molecule has 0 aliphatic rings. The van der Waals surface area contributed by atoms with Crippen molar-refractivity contribution in [2.75, 3.05) is 13.6 Å². The van der Waals surface area contributed by atoms with Gasteiger partial charge in [-0.2, -0.15) is 0 Å². The van der Waals surface area contributed by atoms with Crippen LogP contribution in [0, 0.1) is 5.92 Å². The van der Waals surface area contributed by atoms with Gasteiger partial charge in [-0.25, -0.2) is 4.98 Å². The highest BCUT2D eigenvalue weighted by molar-refractivity contribution is 7.13. The van der Waals surface area contributed by atoms with Crippen molar-refractivity contribution >= 4 is 22.9 Å². The Morgan fingerprint density at radius 2 is 2.19 bits per heavy atom. The van der Waals surface area contributed by atoms with Crippen molar-refractivity contribution in [2.45, 2.75) is 32.7 Å². The lowest BCUT2D eigenvalue weighted by Crippen LogP contribution is -2.23. The van der Waals surface area contributed by atoms with Crippen LogP contribution < -0.4 is 0 Å². The second kappa shape index (κ2) is 7.92. The van der Waals surface area contributed by atoms with E-state index in [4.69, 9.17) is 11.6 Å². The van der Waals surface area contributed by atoms with E-state index in [1.165, 1.54) is 17.5 Å². The molecule has 1 heterocycles. The van der Waals surface area contributed by atoms with Crippen molar-refractivity contribution in [2.24, 2.45) is 5.92 Å². The Bertz CT molecular complexity index is 567. The molecule has 0 saturated carbocycles. The normalized spacial score (nSPS) is 12.8. The van der Waals surface area contributed by atoms with E-state index < -0.39 is 0 Å². The molecule has 1 aromatic heterocycles. The summed E-state index contributed by atoms with van der Waals surface area (Å²) in [6, 6.07) is 8.66. The maximum absolute atomic E-state index is 5.83. The number of nitrogens with zero attached hydrogens (tertiary/aromatic N) is 2. The maximum atomic E-state index is 5.83. The molecule has 0 bridgehead atoms. The molecule has 0 radical (unpaired) electrons. The van der Waals surface area contributed by atoms with E-state index in [0.717, 1.165) is 29.7 Å². The van der Waals surface area contributed by atoms with E-state index in [9.17, 15) is 0 Å². The number of halogens is 1. The number of benzene rings is 1. The third kappa shape index (κ3) is 4.80. The average molecular weight is 323 g/mol. The van der Waals surface area contributed by atoms with Gasteiger partial charge in [-0.05, 0) is 24.6 Å². The smallest absolute Gasteiger partial charge is 0.123 e. The van der Waals surface area contributed by atoms with Crippen molar-refractivity contribution in [1.82, 2.24) is 9.88 Å². The second-order valence-electron chi connectivity index (χ2n) is 5.69. The van der Waals surface area contributed by atoms with Gasteiger partial charge in [-0.1, -0.05) is 38.5 Å². The minimum absolute atomic E-state index is 0.480. The summed E-state index contributed by atoms with van der Waals surface area (Å²) in [7, 11) is 2.19. The SMILES string of the molecule is CCC(C)CN(C)Cc1cccc(-c2nc(CCl)cs2)c1. The zero-order valence-corrected chi connectivity index (χ0v) is 14.5. The molecular weight excluding hydrogens is 300 g/mol. The van der Waals surface area contributed by atoms with Crippen LogP contribution in [0.1, 0.15) is 31.5 Å². The van der Waals surface area contributed by atoms with E-state index in [1.54, 1.807) is 11.3 Å². The van der Waals surface area contributed by atoms with E-state index in [0.29, 0.717) is 5.88 Å². The molecule has 0 saturated heterocycles. The van der Waals surface area contributed by atoms with E-state index in [2.05, 4.69) is 55.0 Å². The van der Waals surface area contributed by atoms with Crippen LogP contribution in [0.4, 0.5) is 0 Å². The largest absolute Gasteiger partial charge is 0.302 e. The number of aromatic nitrogens is 1. The van der Waals surface area contributed by atoms with Crippen LogP contribution in [0.15, 0.2) is 29.6 Å². The third-order valence-corrected chi connectivity index (χ3v) is 4.85. The van der Waals surface area contributed by atoms with Gasteiger partial charge < -0.3 is 4.90 Å². The molecule has 4 heteroatoms. The molecule has 1 unspecified atom stereocenters. The fourth-order valence-corrected chi connectivity index (χ4v) is 3.39. The number of alkyl halides is 1. The zero-order valence-electron chi connectivity index (χ0n) is 13.0. The summed E-state index contributed by atoms with van der Waals surface area (Å²) < 4.78 is 0.